The van der Waals surface area contributed by atoms with Crippen molar-refractivity contribution >= 4 is 11.8 Å². The average molecular weight is 367 g/mol. The maximum absolute atomic E-state index is 12.4. The lowest BCUT2D eigenvalue weighted by Crippen LogP contribution is -2.38. The quantitative estimate of drug-likeness (QED) is 0.823. The third-order valence-electron chi connectivity index (χ3n) is 4.56. The zero-order valence-electron chi connectivity index (χ0n) is 15.5. The van der Waals surface area contributed by atoms with Gasteiger partial charge in [0.2, 0.25) is 0 Å². The number of ether oxygens (including phenoxy) is 1. The van der Waals surface area contributed by atoms with Crippen LogP contribution >= 0.6 is 0 Å². The second-order valence-corrected chi connectivity index (χ2v) is 6.59. The predicted molar refractivity (Wildman–Crippen MR) is 104 cm³/mol. The summed E-state index contributed by atoms with van der Waals surface area (Å²) in [5, 5.41) is 5.93. The zero-order chi connectivity index (χ0) is 19.1. The monoisotopic (exact) mass is 367 g/mol. The molecule has 0 aliphatic carbocycles. The number of pyridine rings is 1. The molecule has 0 atom stereocenters. The number of carbonyl (C=O) groups excluding carboxylic acids is 2. The van der Waals surface area contributed by atoms with E-state index in [1.165, 1.54) is 0 Å². The second-order valence-electron chi connectivity index (χ2n) is 6.59. The Morgan fingerprint density at radius 1 is 1.11 bits per heavy atom. The summed E-state index contributed by atoms with van der Waals surface area (Å²) in [7, 11) is 0. The minimum atomic E-state index is -0.138. The Balaban J connectivity index is 1.73. The summed E-state index contributed by atoms with van der Waals surface area (Å²) in [6.45, 7) is 4.01. The van der Waals surface area contributed by atoms with Crippen molar-refractivity contribution in [1.82, 2.24) is 15.6 Å². The van der Waals surface area contributed by atoms with Crippen LogP contribution in [0.15, 0.2) is 42.6 Å². The summed E-state index contributed by atoms with van der Waals surface area (Å²) in [5.74, 6) is -0.225. The maximum Gasteiger partial charge on any atom is 0.253 e. The topological polar surface area (TPSA) is 80.3 Å². The van der Waals surface area contributed by atoms with Crippen molar-refractivity contribution in [2.45, 2.75) is 32.2 Å². The van der Waals surface area contributed by atoms with Crippen LogP contribution in [0.1, 0.15) is 46.9 Å². The van der Waals surface area contributed by atoms with E-state index in [0.717, 1.165) is 24.8 Å². The maximum atomic E-state index is 12.4. The van der Waals surface area contributed by atoms with Crippen LogP contribution in [0.5, 0.6) is 0 Å². The summed E-state index contributed by atoms with van der Waals surface area (Å²) in [6.07, 6.45) is 4.22. The molecule has 2 amide bonds. The van der Waals surface area contributed by atoms with Gasteiger partial charge < -0.3 is 15.4 Å². The standard InChI is InChI=1S/C21H25N3O3/c1-2-11-23-21(26)18-4-3-12-22-19(18)15-5-7-16(8-6-15)20(25)24-17-9-13-27-14-10-17/h3-8,12,17H,2,9-11,13-14H2,1H3,(H,23,26)(H,24,25). The van der Waals surface area contributed by atoms with Gasteiger partial charge in [-0.2, -0.15) is 0 Å². The van der Waals surface area contributed by atoms with Crippen LogP contribution in [0.2, 0.25) is 0 Å². The van der Waals surface area contributed by atoms with E-state index >= 15 is 0 Å². The Kier molecular flexibility index (Phi) is 6.54. The van der Waals surface area contributed by atoms with E-state index in [2.05, 4.69) is 15.6 Å². The molecule has 1 aliphatic rings. The van der Waals surface area contributed by atoms with Gasteiger partial charge in [0.25, 0.3) is 11.8 Å². The predicted octanol–water partition coefficient (Wildman–Crippen LogP) is 2.80. The van der Waals surface area contributed by atoms with Crippen molar-refractivity contribution < 1.29 is 14.3 Å². The molecule has 0 saturated carbocycles. The van der Waals surface area contributed by atoms with E-state index in [1.807, 2.05) is 19.1 Å². The fraction of sp³-hybridized carbons (Fsp3) is 0.381. The summed E-state index contributed by atoms with van der Waals surface area (Å²) in [6, 6.07) is 10.9. The van der Waals surface area contributed by atoms with Gasteiger partial charge in [-0.15, -0.1) is 0 Å². The number of carbonyl (C=O) groups is 2. The first-order valence-corrected chi connectivity index (χ1v) is 9.41. The molecule has 0 radical (unpaired) electrons. The molecular formula is C21H25N3O3. The number of amides is 2. The molecule has 1 saturated heterocycles. The number of aromatic nitrogens is 1. The summed E-state index contributed by atoms with van der Waals surface area (Å²) >= 11 is 0. The van der Waals surface area contributed by atoms with Crippen LogP contribution in [-0.4, -0.2) is 42.6 Å². The summed E-state index contributed by atoms with van der Waals surface area (Å²) in [4.78, 5) is 29.2. The van der Waals surface area contributed by atoms with Gasteiger partial charge in [0.1, 0.15) is 0 Å². The zero-order valence-corrected chi connectivity index (χ0v) is 15.5. The highest BCUT2D eigenvalue weighted by Gasteiger charge is 2.18. The number of rotatable bonds is 6. The van der Waals surface area contributed by atoms with Crippen LogP contribution in [0.3, 0.4) is 0 Å². The van der Waals surface area contributed by atoms with Gasteiger partial charge >= 0.3 is 0 Å². The lowest BCUT2D eigenvalue weighted by Gasteiger charge is -2.23. The largest absolute Gasteiger partial charge is 0.381 e. The molecule has 2 aromatic rings. The van der Waals surface area contributed by atoms with E-state index in [-0.39, 0.29) is 17.9 Å². The lowest BCUT2D eigenvalue weighted by molar-refractivity contribution is 0.0696. The van der Waals surface area contributed by atoms with Crippen molar-refractivity contribution in [3.63, 3.8) is 0 Å². The number of hydrogen-bond donors (Lipinski definition) is 2. The average Bonchev–Trinajstić information content (AvgIpc) is 2.73. The third-order valence-corrected chi connectivity index (χ3v) is 4.56. The van der Waals surface area contributed by atoms with E-state index in [0.29, 0.717) is 36.6 Å². The van der Waals surface area contributed by atoms with E-state index in [4.69, 9.17) is 4.74 Å². The molecule has 2 N–H and O–H groups in total. The van der Waals surface area contributed by atoms with Crippen molar-refractivity contribution in [1.29, 1.82) is 0 Å². The highest BCUT2D eigenvalue weighted by molar-refractivity contribution is 6.00. The molecule has 0 unspecified atom stereocenters. The molecule has 1 fully saturated rings. The van der Waals surface area contributed by atoms with Crippen LogP contribution in [0.25, 0.3) is 11.3 Å². The molecule has 142 valence electrons. The Morgan fingerprint density at radius 2 is 1.85 bits per heavy atom. The number of nitrogens with one attached hydrogen (secondary N) is 2. The van der Waals surface area contributed by atoms with Gasteiger partial charge in [0, 0.05) is 43.1 Å². The minimum absolute atomic E-state index is 0.0876. The molecule has 1 aromatic carbocycles. The first kappa shape index (κ1) is 19.0. The fourth-order valence-corrected chi connectivity index (χ4v) is 3.04. The highest BCUT2D eigenvalue weighted by Crippen LogP contribution is 2.22. The fourth-order valence-electron chi connectivity index (χ4n) is 3.04. The Morgan fingerprint density at radius 3 is 2.56 bits per heavy atom. The van der Waals surface area contributed by atoms with Gasteiger partial charge in [-0.05, 0) is 43.5 Å². The molecule has 0 bridgehead atoms. The SMILES string of the molecule is CCCNC(=O)c1cccnc1-c1ccc(C(=O)NC2CCOCC2)cc1. The Labute approximate surface area is 159 Å². The van der Waals surface area contributed by atoms with Crippen molar-refractivity contribution in [2.24, 2.45) is 0 Å². The molecule has 3 rings (SSSR count). The number of hydrogen-bond acceptors (Lipinski definition) is 4. The van der Waals surface area contributed by atoms with Crippen LogP contribution in [0, 0.1) is 0 Å². The molecule has 2 heterocycles. The highest BCUT2D eigenvalue weighted by atomic mass is 16.5. The molecule has 27 heavy (non-hydrogen) atoms. The normalized spacial score (nSPS) is 14.6. The van der Waals surface area contributed by atoms with Gasteiger partial charge in [0.15, 0.2) is 0 Å². The van der Waals surface area contributed by atoms with E-state index in [9.17, 15) is 9.59 Å². The first-order chi connectivity index (χ1) is 13.2. The van der Waals surface area contributed by atoms with Crippen LogP contribution in [0.4, 0.5) is 0 Å². The number of benzene rings is 1. The number of nitrogens with zero attached hydrogens (tertiary/aromatic N) is 1. The van der Waals surface area contributed by atoms with Crippen LogP contribution in [-0.2, 0) is 4.74 Å². The van der Waals surface area contributed by atoms with E-state index < -0.39 is 0 Å². The van der Waals surface area contributed by atoms with Crippen molar-refractivity contribution in [2.75, 3.05) is 19.8 Å². The molecule has 6 heteroatoms. The Hall–Kier alpha value is -2.73. The molecular weight excluding hydrogens is 342 g/mol. The summed E-state index contributed by atoms with van der Waals surface area (Å²) < 4.78 is 5.32. The molecule has 6 nitrogen and oxygen atoms in total. The lowest BCUT2D eigenvalue weighted by atomic mass is 10.0. The van der Waals surface area contributed by atoms with Crippen LogP contribution < -0.4 is 10.6 Å². The van der Waals surface area contributed by atoms with Gasteiger partial charge in [0.05, 0.1) is 11.3 Å². The van der Waals surface area contributed by atoms with Gasteiger partial charge in [-0.3, -0.25) is 14.6 Å². The van der Waals surface area contributed by atoms with Gasteiger partial charge in [-0.25, -0.2) is 0 Å². The summed E-state index contributed by atoms with van der Waals surface area (Å²) in [5.41, 5.74) is 2.55. The van der Waals surface area contributed by atoms with Gasteiger partial charge in [-0.1, -0.05) is 19.1 Å². The van der Waals surface area contributed by atoms with Crippen molar-refractivity contribution in [3.05, 3.63) is 53.7 Å². The Bertz CT molecular complexity index is 784. The smallest absolute Gasteiger partial charge is 0.253 e. The molecule has 1 aromatic heterocycles. The minimum Gasteiger partial charge on any atom is -0.381 e. The third kappa shape index (κ3) is 4.92. The molecule has 0 spiro atoms. The molecule has 1 aliphatic heterocycles. The van der Waals surface area contributed by atoms with E-state index in [1.54, 1.807) is 30.5 Å². The first-order valence-electron chi connectivity index (χ1n) is 9.41. The van der Waals surface area contributed by atoms with Crippen molar-refractivity contribution in [3.8, 4) is 11.3 Å². The second kappa shape index (κ2) is 9.28.